The minimum Gasteiger partial charge on any atom is -0.493 e. The molecule has 0 amide bonds. The van der Waals surface area contributed by atoms with E-state index in [1.165, 1.54) is 10.6 Å². The first kappa shape index (κ1) is 23.0. The van der Waals surface area contributed by atoms with Crippen molar-refractivity contribution in [1.29, 1.82) is 0 Å². The van der Waals surface area contributed by atoms with Crippen molar-refractivity contribution in [3.05, 3.63) is 18.2 Å². The van der Waals surface area contributed by atoms with Gasteiger partial charge in [-0.05, 0) is 32.4 Å². The summed E-state index contributed by atoms with van der Waals surface area (Å²) in [7, 11) is -1.56. The number of ether oxygens (including phenoxy) is 2. The average Bonchev–Trinajstić information content (AvgIpc) is 2.62. The Hall–Kier alpha value is -2.00. The summed E-state index contributed by atoms with van der Waals surface area (Å²) in [5.41, 5.74) is 0.821. The molecule has 154 valence electrons. The Morgan fingerprint density at radius 3 is 2.52 bits per heavy atom. The fraction of sp³-hybridized carbons (Fsp3) is 0.611. The number of guanidine groups is 1. The molecule has 0 aliphatic rings. The Labute approximate surface area is 163 Å². The summed E-state index contributed by atoms with van der Waals surface area (Å²) in [4.78, 5) is 4.51. The van der Waals surface area contributed by atoms with Crippen molar-refractivity contribution in [1.82, 2.24) is 9.62 Å². The van der Waals surface area contributed by atoms with Crippen LogP contribution >= 0.6 is 0 Å². The number of aliphatic imine (C=N–C) groups is 1. The van der Waals surface area contributed by atoms with Crippen LogP contribution in [-0.2, 0) is 10.0 Å². The summed E-state index contributed by atoms with van der Waals surface area (Å²) in [6.45, 7) is 8.44. The Bertz CT molecular complexity index is 707. The normalized spacial score (nSPS) is 12.1. The fourth-order valence-electron chi connectivity index (χ4n) is 2.46. The zero-order valence-electron chi connectivity index (χ0n) is 16.9. The van der Waals surface area contributed by atoms with Crippen LogP contribution in [0.5, 0.6) is 11.5 Å². The molecular weight excluding hydrogens is 368 g/mol. The lowest BCUT2D eigenvalue weighted by atomic mass is 10.2. The van der Waals surface area contributed by atoms with E-state index in [1.54, 1.807) is 7.11 Å². The second kappa shape index (κ2) is 11.7. The first-order valence-corrected chi connectivity index (χ1v) is 11.0. The minimum atomic E-state index is -3.16. The molecule has 0 aliphatic carbocycles. The molecule has 0 saturated carbocycles. The second-order valence-electron chi connectivity index (χ2n) is 5.79. The number of hydrogen-bond donors (Lipinski definition) is 2. The lowest BCUT2D eigenvalue weighted by Gasteiger charge is -2.17. The molecule has 0 fully saturated rings. The van der Waals surface area contributed by atoms with Crippen molar-refractivity contribution in [3.63, 3.8) is 0 Å². The lowest BCUT2D eigenvalue weighted by Crippen LogP contribution is -2.32. The van der Waals surface area contributed by atoms with Gasteiger partial charge in [-0.3, -0.25) is 4.99 Å². The van der Waals surface area contributed by atoms with Crippen LogP contribution in [-0.4, -0.2) is 64.8 Å². The smallest absolute Gasteiger partial charge is 0.211 e. The van der Waals surface area contributed by atoms with Crippen molar-refractivity contribution in [3.8, 4) is 11.5 Å². The molecule has 9 heteroatoms. The van der Waals surface area contributed by atoms with Crippen LogP contribution in [0.1, 0.15) is 27.2 Å². The van der Waals surface area contributed by atoms with Gasteiger partial charge in [0, 0.05) is 37.9 Å². The molecule has 1 aromatic rings. The van der Waals surface area contributed by atoms with Gasteiger partial charge in [0.2, 0.25) is 10.0 Å². The maximum absolute atomic E-state index is 11.6. The molecule has 8 nitrogen and oxygen atoms in total. The molecule has 2 N–H and O–H groups in total. The number of nitrogens with zero attached hydrogens (tertiary/aromatic N) is 2. The molecule has 0 spiro atoms. The predicted molar refractivity (Wildman–Crippen MR) is 110 cm³/mol. The van der Waals surface area contributed by atoms with E-state index in [0.717, 1.165) is 5.69 Å². The number of hydrogen-bond acceptors (Lipinski definition) is 5. The first-order valence-electron chi connectivity index (χ1n) is 9.16. The van der Waals surface area contributed by atoms with Crippen LogP contribution < -0.4 is 20.1 Å². The van der Waals surface area contributed by atoms with E-state index in [4.69, 9.17) is 9.47 Å². The molecule has 27 heavy (non-hydrogen) atoms. The topological polar surface area (TPSA) is 92.3 Å². The summed E-state index contributed by atoms with van der Waals surface area (Å²) >= 11 is 0. The van der Waals surface area contributed by atoms with Crippen molar-refractivity contribution in [2.75, 3.05) is 51.5 Å². The first-order chi connectivity index (χ1) is 12.8. The van der Waals surface area contributed by atoms with Crippen molar-refractivity contribution in [2.45, 2.75) is 27.2 Å². The Balaban J connectivity index is 2.74. The highest BCUT2D eigenvalue weighted by atomic mass is 32.2. The predicted octanol–water partition coefficient (Wildman–Crippen LogP) is 2.14. The quantitative estimate of drug-likeness (QED) is 0.336. The van der Waals surface area contributed by atoms with Crippen LogP contribution in [0.25, 0.3) is 0 Å². The molecule has 0 saturated heterocycles. The maximum Gasteiger partial charge on any atom is 0.211 e. The zero-order valence-corrected chi connectivity index (χ0v) is 17.7. The van der Waals surface area contributed by atoms with Gasteiger partial charge in [-0.2, -0.15) is 0 Å². The van der Waals surface area contributed by atoms with Crippen molar-refractivity contribution in [2.24, 2.45) is 4.99 Å². The van der Waals surface area contributed by atoms with Gasteiger partial charge in [-0.25, -0.2) is 12.7 Å². The third-order valence-electron chi connectivity index (χ3n) is 3.73. The number of rotatable bonds is 11. The number of anilines is 1. The Morgan fingerprint density at radius 1 is 1.22 bits per heavy atom. The van der Waals surface area contributed by atoms with Gasteiger partial charge in [-0.15, -0.1) is 0 Å². The van der Waals surface area contributed by atoms with E-state index in [-0.39, 0.29) is 0 Å². The van der Waals surface area contributed by atoms with Gasteiger partial charge in [0.1, 0.15) is 0 Å². The monoisotopic (exact) mass is 400 g/mol. The van der Waals surface area contributed by atoms with Crippen molar-refractivity contribution >= 4 is 21.7 Å². The highest BCUT2D eigenvalue weighted by Gasteiger charge is 2.13. The van der Waals surface area contributed by atoms with E-state index in [0.29, 0.717) is 56.7 Å². The zero-order chi connectivity index (χ0) is 20.3. The average molecular weight is 401 g/mol. The van der Waals surface area contributed by atoms with E-state index < -0.39 is 10.0 Å². The van der Waals surface area contributed by atoms with Crippen molar-refractivity contribution < 1.29 is 17.9 Å². The molecule has 0 bridgehead atoms. The van der Waals surface area contributed by atoms with E-state index in [9.17, 15) is 8.42 Å². The van der Waals surface area contributed by atoms with Gasteiger partial charge in [0.25, 0.3) is 0 Å². The summed E-state index contributed by atoms with van der Waals surface area (Å²) in [6, 6.07) is 5.59. The summed E-state index contributed by atoms with van der Waals surface area (Å²) < 4.78 is 35.6. The van der Waals surface area contributed by atoms with E-state index in [2.05, 4.69) is 15.6 Å². The summed E-state index contributed by atoms with van der Waals surface area (Å²) in [5.74, 6) is 1.96. The SMILES string of the molecule is CCNC(=NCCCN(CC)S(C)(=O)=O)Nc1ccc(OCC)c(OC)c1. The van der Waals surface area contributed by atoms with Gasteiger partial charge in [0.05, 0.1) is 20.0 Å². The summed E-state index contributed by atoms with van der Waals surface area (Å²) in [6.07, 6.45) is 1.87. The number of nitrogens with one attached hydrogen (secondary N) is 2. The van der Waals surface area contributed by atoms with Crippen LogP contribution in [0.3, 0.4) is 0 Å². The van der Waals surface area contributed by atoms with E-state index in [1.807, 2.05) is 39.0 Å². The standard InChI is InChI=1S/C18H32N4O4S/c1-6-19-18(20-12-9-13-22(7-2)27(5,23)24)21-15-10-11-16(26-8-3)17(14-15)25-4/h10-11,14H,6-9,12-13H2,1-5H3,(H2,19,20,21). The Morgan fingerprint density at radius 2 is 1.96 bits per heavy atom. The number of methoxy groups -OCH3 is 1. The van der Waals surface area contributed by atoms with Crippen LogP contribution in [0.15, 0.2) is 23.2 Å². The number of benzene rings is 1. The fourth-order valence-corrected chi connectivity index (χ4v) is 3.39. The molecule has 1 aromatic carbocycles. The summed E-state index contributed by atoms with van der Waals surface area (Å²) in [5, 5.41) is 6.40. The van der Waals surface area contributed by atoms with Gasteiger partial charge >= 0.3 is 0 Å². The van der Waals surface area contributed by atoms with Gasteiger partial charge < -0.3 is 20.1 Å². The van der Waals surface area contributed by atoms with Gasteiger partial charge in [0.15, 0.2) is 17.5 Å². The lowest BCUT2D eigenvalue weighted by molar-refractivity contribution is 0.311. The van der Waals surface area contributed by atoms with Gasteiger partial charge in [-0.1, -0.05) is 6.92 Å². The maximum atomic E-state index is 11.6. The van der Waals surface area contributed by atoms with Crippen LogP contribution in [0.2, 0.25) is 0 Å². The molecular formula is C18H32N4O4S. The third-order valence-corrected chi connectivity index (χ3v) is 5.11. The highest BCUT2D eigenvalue weighted by Crippen LogP contribution is 2.30. The minimum absolute atomic E-state index is 0.453. The molecule has 0 radical (unpaired) electrons. The molecule has 1 rings (SSSR count). The molecule has 0 atom stereocenters. The molecule has 0 unspecified atom stereocenters. The Kier molecular flexibility index (Phi) is 9.95. The van der Waals surface area contributed by atoms with Crippen LogP contribution in [0.4, 0.5) is 5.69 Å². The van der Waals surface area contributed by atoms with E-state index >= 15 is 0 Å². The molecule has 0 aromatic heterocycles. The highest BCUT2D eigenvalue weighted by molar-refractivity contribution is 7.88. The second-order valence-corrected chi connectivity index (χ2v) is 7.77. The van der Waals surface area contributed by atoms with Crippen LogP contribution in [0, 0.1) is 0 Å². The number of sulfonamides is 1. The third kappa shape index (κ3) is 8.04. The molecule has 0 aliphatic heterocycles. The molecule has 0 heterocycles. The largest absolute Gasteiger partial charge is 0.493 e.